The number of rotatable bonds is 3. The highest BCUT2D eigenvalue weighted by atomic mass is 16.1. The lowest BCUT2D eigenvalue weighted by atomic mass is 9.87. The number of H-pyrrole nitrogens is 1. The van der Waals surface area contributed by atoms with Crippen molar-refractivity contribution in [2.24, 2.45) is 5.73 Å². The van der Waals surface area contributed by atoms with E-state index in [1.807, 2.05) is 30.5 Å². The fourth-order valence-corrected chi connectivity index (χ4v) is 2.51. The topological polar surface area (TPSA) is 70.9 Å². The van der Waals surface area contributed by atoms with Gasteiger partial charge < -0.3 is 16.0 Å². The van der Waals surface area contributed by atoms with Crippen molar-refractivity contribution < 1.29 is 4.79 Å². The molecule has 0 unspecified atom stereocenters. The molecular weight excluding hydrogens is 226 g/mol. The SMILES string of the molecule is NC1CC(NC(=O)Cc2c[nH]c3ccccc23)C1. The van der Waals surface area contributed by atoms with E-state index in [4.69, 9.17) is 5.73 Å². The molecule has 0 radical (unpaired) electrons. The third-order valence-electron chi connectivity index (χ3n) is 3.57. The quantitative estimate of drug-likeness (QED) is 0.760. The molecule has 1 aliphatic carbocycles. The van der Waals surface area contributed by atoms with Gasteiger partial charge in [-0.1, -0.05) is 18.2 Å². The van der Waals surface area contributed by atoms with Crippen molar-refractivity contribution in [1.82, 2.24) is 10.3 Å². The Morgan fingerprint density at radius 1 is 1.39 bits per heavy atom. The van der Waals surface area contributed by atoms with E-state index in [2.05, 4.69) is 10.3 Å². The number of hydrogen-bond acceptors (Lipinski definition) is 2. The Labute approximate surface area is 106 Å². The van der Waals surface area contributed by atoms with E-state index >= 15 is 0 Å². The minimum absolute atomic E-state index is 0.0802. The van der Waals surface area contributed by atoms with Crippen LogP contribution < -0.4 is 11.1 Å². The van der Waals surface area contributed by atoms with Crippen molar-refractivity contribution in [1.29, 1.82) is 0 Å². The molecule has 4 nitrogen and oxygen atoms in total. The Balaban J connectivity index is 1.67. The lowest BCUT2D eigenvalue weighted by Crippen LogP contribution is -2.50. The molecule has 4 N–H and O–H groups in total. The van der Waals surface area contributed by atoms with E-state index < -0.39 is 0 Å². The summed E-state index contributed by atoms with van der Waals surface area (Å²) in [4.78, 5) is 15.1. The van der Waals surface area contributed by atoms with Crippen molar-refractivity contribution in [2.75, 3.05) is 0 Å². The van der Waals surface area contributed by atoms with Crippen LogP contribution in [0.5, 0.6) is 0 Å². The van der Waals surface area contributed by atoms with Crippen molar-refractivity contribution in [3.63, 3.8) is 0 Å². The number of hydrogen-bond donors (Lipinski definition) is 3. The fraction of sp³-hybridized carbons (Fsp3) is 0.357. The average molecular weight is 243 g/mol. The van der Waals surface area contributed by atoms with E-state index in [-0.39, 0.29) is 18.0 Å². The van der Waals surface area contributed by atoms with E-state index in [0.717, 1.165) is 29.3 Å². The molecule has 1 heterocycles. The highest BCUT2D eigenvalue weighted by Crippen LogP contribution is 2.20. The molecule has 1 fully saturated rings. The summed E-state index contributed by atoms with van der Waals surface area (Å²) >= 11 is 0. The number of amides is 1. The monoisotopic (exact) mass is 243 g/mol. The van der Waals surface area contributed by atoms with Gasteiger partial charge in [-0.05, 0) is 24.5 Å². The van der Waals surface area contributed by atoms with Crippen LogP contribution in [0.1, 0.15) is 18.4 Å². The van der Waals surface area contributed by atoms with Crippen LogP contribution in [0.2, 0.25) is 0 Å². The molecule has 1 amide bonds. The van der Waals surface area contributed by atoms with Gasteiger partial charge in [0.2, 0.25) is 5.91 Å². The van der Waals surface area contributed by atoms with Crippen LogP contribution in [0, 0.1) is 0 Å². The van der Waals surface area contributed by atoms with Crippen molar-refractivity contribution in [3.05, 3.63) is 36.0 Å². The van der Waals surface area contributed by atoms with Crippen LogP contribution in [0.4, 0.5) is 0 Å². The predicted octanol–water partition coefficient (Wildman–Crippen LogP) is 1.32. The predicted molar refractivity (Wildman–Crippen MR) is 71.1 cm³/mol. The number of nitrogens with two attached hydrogens (primary N) is 1. The summed E-state index contributed by atoms with van der Waals surface area (Å²) in [6, 6.07) is 8.57. The summed E-state index contributed by atoms with van der Waals surface area (Å²) in [6.07, 6.45) is 4.14. The first-order valence-corrected chi connectivity index (χ1v) is 6.32. The Morgan fingerprint density at radius 3 is 2.94 bits per heavy atom. The van der Waals surface area contributed by atoms with Gasteiger partial charge in [0.05, 0.1) is 6.42 Å². The van der Waals surface area contributed by atoms with Gasteiger partial charge in [-0.25, -0.2) is 0 Å². The Morgan fingerprint density at radius 2 is 2.17 bits per heavy atom. The minimum atomic E-state index is 0.0802. The van der Waals surface area contributed by atoms with E-state index in [1.165, 1.54) is 0 Å². The maximum Gasteiger partial charge on any atom is 0.224 e. The van der Waals surface area contributed by atoms with E-state index in [9.17, 15) is 4.79 Å². The molecule has 4 heteroatoms. The van der Waals surface area contributed by atoms with E-state index in [0.29, 0.717) is 6.42 Å². The van der Waals surface area contributed by atoms with Crippen molar-refractivity contribution in [2.45, 2.75) is 31.3 Å². The Kier molecular flexibility index (Phi) is 2.80. The molecule has 3 rings (SSSR count). The van der Waals surface area contributed by atoms with Crippen LogP contribution >= 0.6 is 0 Å². The average Bonchev–Trinajstić information content (AvgIpc) is 2.71. The molecule has 0 saturated heterocycles. The molecule has 2 aromatic rings. The molecule has 0 aliphatic heterocycles. The number of carbonyl (C=O) groups excluding carboxylic acids is 1. The minimum Gasteiger partial charge on any atom is -0.361 e. The molecule has 94 valence electrons. The molecular formula is C14H17N3O. The molecule has 1 aromatic carbocycles. The third kappa shape index (κ3) is 2.11. The number of para-hydroxylation sites is 1. The van der Waals surface area contributed by atoms with E-state index in [1.54, 1.807) is 0 Å². The first kappa shape index (κ1) is 11.3. The highest BCUT2D eigenvalue weighted by molar-refractivity contribution is 5.88. The highest BCUT2D eigenvalue weighted by Gasteiger charge is 2.27. The second-order valence-corrected chi connectivity index (χ2v) is 5.03. The van der Waals surface area contributed by atoms with Gasteiger partial charge in [-0.3, -0.25) is 4.79 Å². The number of carbonyl (C=O) groups is 1. The van der Waals surface area contributed by atoms with Gasteiger partial charge in [0.25, 0.3) is 0 Å². The maximum absolute atomic E-state index is 11.9. The van der Waals surface area contributed by atoms with Crippen LogP contribution in [0.15, 0.2) is 30.5 Å². The third-order valence-corrected chi connectivity index (χ3v) is 3.57. The number of benzene rings is 1. The van der Waals surface area contributed by atoms with Crippen LogP contribution in [-0.2, 0) is 11.2 Å². The fourth-order valence-electron chi connectivity index (χ4n) is 2.51. The van der Waals surface area contributed by atoms with Gasteiger partial charge in [0, 0.05) is 29.2 Å². The second kappa shape index (κ2) is 4.46. The lowest BCUT2D eigenvalue weighted by molar-refractivity contribution is -0.121. The zero-order valence-electron chi connectivity index (χ0n) is 10.1. The van der Waals surface area contributed by atoms with Crippen molar-refractivity contribution in [3.8, 4) is 0 Å². The summed E-state index contributed by atoms with van der Waals surface area (Å²) in [5.74, 6) is 0.0802. The first-order valence-electron chi connectivity index (χ1n) is 6.32. The first-order chi connectivity index (χ1) is 8.72. The molecule has 1 aliphatic rings. The van der Waals surface area contributed by atoms with Crippen LogP contribution in [0.25, 0.3) is 10.9 Å². The summed E-state index contributed by atoms with van der Waals surface area (Å²) < 4.78 is 0. The zero-order chi connectivity index (χ0) is 12.5. The number of aromatic nitrogens is 1. The Bertz CT molecular complexity index is 569. The summed E-state index contributed by atoms with van der Waals surface area (Å²) in [5, 5.41) is 4.14. The number of fused-ring (bicyclic) bond motifs is 1. The molecule has 1 saturated carbocycles. The van der Waals surface area contributed by atoms with Gasteiger partial charge in [-0.15, -0.1) is 0 Å². The molecule has 0 bridgehead atoms. The molecule has 0 atom stereocenters. The van der Waals surface area contributed by atoms with Crippen LogP contribution in [-0.4, -0.2) is 23.0 Å². The maximum atomic E-state index is 11.9. The van der Waals surface area contributed by atoms with Crippen molar-refractivity contribution >= 4 is 16.8 Å². The molecule has 0 spiro atoms. The van der Waals surface area contributed by atoms with Gasteiger partial charge in [0.15, 0.2) is 0 Å². The lowest BCUT2D eigenvalue weighted by Gasteiger charge is -2.32. The normalized spacial score (nSPS) is 22.7. The van der Waals surface area contributed by atoms with Crippen LogP contribution in [0.3, 0.4) is 0 Å². The van der Waals surface area contributed by atoms with Gasteiger partial charge in [-0.2, -0.15) is 0 Å². The summed E-state index contributed by atoms with van der Waals surface area (Å²) in [5.41, 5.74) is 7.82. The standard InChI is InChI=1S/C14H17N3O/c15-10-6-11(7-10)17-14(18)5-9-8-16-13-4-2-1-3-12(9)13/h1-4,8,10-11,16H,5-7,15H2,(H,17,18). The zero-order valence-corrected chi connectivity index (χ0v) is 10.1. The number of nitrogens with one attached hydrogen (secondary N) is 2. The Hall–Kier alpha value is -1.81. The summed E-state index contributed by atoms with van der Waals surface area (Å²) in [6.45, 7) is 0. The van der Waals surface area contributed by atoms with Gasteiger partial charge in [0.1, 0.15) is 0 Å². The summed E-state index contributed by atoms with van der Waals surface area (Å²) in [7, 11) is 0. The number of aromatic amines is 1. The largest absolute Gasteiger partial charge is 0.361 e. The molecule has 1 aromatic heterocycles. The smallest absolute Gasteiger partial charge is 0.224 e. The second-order valence-electron chi connectivity index (χ2n) is 5.03. The molecule has 18 heavy (non-hydrogen) atoms. The van der Waals surface area contributed by atoms with Gasteiger partial charge >= 0.3 is 0 Å².